The zero-order chi connectivity index (χ0) is 8.57. The SMILES string of the molecule is O=C([O-])O.OCC(O)CO.[K+]. The molecule has 0 spiro atoms. The fourth-order valence-corrected chi connectivity index (χ4v) is 0.0577. The predicted octanol–water partition coefficient (Wildman–Crippen LogP) is -5.78. The molecule has 0 aromatic rings. The molecule has 0 atom stereocenters. The summed E-state index contributed by atoms with van der Waals surface area (Å²) in [5.41, 5.74) is 0. The second-order valence-corrected chi connectivity index (χ2v) is 1.28. The van der Waals surface area contributed by atoms with Crippen molar-refractivity contribution in [3.05, 3.63) is 0 Å². The van der Waals surface area contributed by atoms with Crippen molar-refractivity contribution in [2.45, 2.75) is 6.10 Å². The van der Waals surface area contributed by atoms with E-state index >= 15 is 0 Å². The molecule has 4 N–H and O–H groups in total. The Morgan fingerprint density at radius 2 is 1.55 bits per heavy atom. The Labute approximate surface area is 106 Å². The van der Waals surface area contributed by atoms with Crippen LogP contribution in [0.15, 0.2) is 0 Å². The van der Waals surface area contributed by atoms with Crippen LogP contribution in [0.2, 0.25) is 0 Å². The van der Waals surface area contributed by atoms with Crippen LogP contribution in [0.3, 0.4) is 0 Å². The monoisotopic (exact) mass is 192 g/mol. The summed E-state index contributed by atoms with van der Waals surface area (Å²) in [7, 11) is 0. The van der Waals surface area contributed by atoms with Crippen molar-refractivity contribution < 1.29 is 81.7 Å². The van der Waals surface area contributed by atoms with Gasteiger partial charge in [0.2, 0.25) is 6.16 Å². The van der Waals surface area contributed by atoms with Crippen molar-refractivity contribution in [3.63, 3.8) is 0 Å². The standard InChI is InChI=1S/C3H8O3.CH2O3.K/c4-1-3(6)2-5;2-1(3)4;/h3-6H,1-2H2;(H2,2,3,4);/q;;+1/p-1. The topological polar surface area (TPSA) is 121 Å². The Hall–Kier alpha value is 0.786. The van der Waals surface area contributed by atoms with Crippen molar-refractivity contribution in [3.8, 4) is 0 Å². The second kappa shape index (κ2) is 13.4. The van der Waals surface area contributed by atoms with Gasteiger partial charge < -0.3 is 30.3 Å². The minimum atomic E-state index is -2.08. The molecule has 0 rings (SSSR count). The van der Waals surface area contributed by atoms with Crippen molar-refractivity contribution in [2.75, 3.05) is 13.2 Å². The van der Waals surface area contributed by atoms with Crippen molar-refractivity contribution >= 4 is 6.16 Å². The molecule has 0 unspecified atom stereocenters. The Bertz CT molecular complexity index is 78.7. The third-order valence-electron chi connectivity index (χ3n) is 0.421. The van der Waals surface area contributed by atoms with Crippen LogP contribution in [0.1, 0.15) is 0 Å². The minimum absolute atomic E-state index is 0. The summed E-state index contributed by atoms with van der Waals surface area (Å²) in [6.07, 6.45) is -3.04. The maximum Gasteiger partial charge on any atom is 1.00 e. The van der Waals surface area contributed by atoms with Crippen LogP contribution in [-0.2, 0) is 0 Å². The van der Waals surface area contributed by atoms with E-state index in [1.807, 2.05) is 0 Å². The summed E-state index contributed by atoms with van der Waals surface area (Å²) in [5, 5.41) is 39.3. The van der Waals surface area contributed by atoms with Crippen molar-refractivity contribution in [2.24, 2.45) is 0 Å². The predicted molar refractivity (Wildman–Crippen MR) is 28.2 cm³/mol. The summed E-state index contributed by atoms with van der Waals surface area (Å²) in [6.45, 7) is -0.729. The first-order chi connectivity index (χ1) is 4.54. The molecule has 0 saturated carbocycles. The van der Waals surface area contributed by atoms with E-state index in [1.54, 1.807) is 0 Å². The Balaban J connectivity index is -0.000000114. The molecule has 11 heavy (non-hydrogen) atoms. The Kier molecular flexibility index (Phi) is 21.6. The van der Waals surface area contributed by atoms with Gasteiger partial charge >= 0.3 is 51.4 Å². The number of carbonyl (C=O) groups is 1. The first-order valence-corrected chi connectivity index (χ1v) is 2.34. The molecule has 0 fully saturated rings. The average molecular weight is 192 g/mol. The molecule has 0 aromatic carbocycles. The maximum atomic E-state index is 8.44. The third-order valence-corrected chi connectivity index (χ3v) is 0.421. The van der Waals surface area contributed by atoms with Crippen LogP contribution in [-0.4, -0.2) is 45.9 Å². The molecule has 0 aliphatic heterocycles. The van der Waals surface area contributed by atoms with Crippen LogP contribution in [0, 0.1) is 0 Å². The summed E-state index contributed by atoms with van der Waals surface area (Å²) >= 11 is 0. The number of rotatable bonds is 2. The van der Waals surface area contributed by atoms with Gasteiger partial charge in [-0.3, -0.25) is 0 Å². The molecule has 0 aliphatic carbocycles. The van der Waals surface area contributed by atoms with Gasteiger partial charge in [-0.25, -0.2) is 0 Å². The van der Waals surface area contributed by atoms with Crippen molar-refractivity contribution in [1.82, 2.24) is 0 Å². The molecular formula is C4H9KO6. The van der Waals surface area contributed by atoms with Crippen LogP contribution in [0.5, 0.6) is 0 Å². The van der Waals surface area contributed by atoms with Gasteiger partial charge in [-0.15, -0.1) is 0 Å². The molecule has 0 aliphatic rings. The van der Waals surface area contributed by atoms with E-state index < -0.39 is 12.3 Å². The molecule has 0 heterocycles. The number of hydrogen-bond acceptors (Lipinski definition) is 5. The van der Waals surface area contributed by atoms with Gasteiger partial charge in [0, 0.05) is 0 Å². The van der Waals surface area contributed by atoms with E-state index in [2.05, 4.69) is 0 Å². The smallest absolute Gasteiger partial charge is 0.565 e. The van der Waals surface area contributed by atoms with Crippen LogP contribution in [0.25, 0.3) is 0 Å². The quantitative estimate of drug-likeness (QED) is 0.323. The average Bonchev–Trinajstić information content (AvgIpc) is 1.85. The van der Waals surface area contributed by atoms with Gasteiger partial charge in [-0.1, -0.05) is 0 Å². The number of carboxylic acid groups (broad SMARTS) is 2. The summed E-state index contributed by atoms with van der Waals surface area (Å²) in [5.74, 6) is 0. The normalized spacial score (nSPS) is 7.64. The van der Waals surface area contributed by atoms with Gasteiger partial charge in [0.25, 0.3) is 0 Å². The molecule has 0 saturated heterocycles. The van der Waals surface area contributed by atoms with E-state index in [4.69, 9.17) is 30.3 Å². The Morgan fingerprint density at radius 1 is 1.36 bits per heavy atom. The molecule has 62 valence electrons. The van der Waals surface area contributed by atoms with E-state index in [0.717, 1.165) is 0 Å². The van der Waals surface area contributed by atoms with Crippen LogP contribution < -0.4 is 56.5 Å². The molecule has 7 heteroatoms. The van der Waals surface area contributed by atoms with E-state index in [-0.39, 0.29) is 64.6 Å². The summed E-state index contributed by atoms with van der Waals surface area (Å²) in [4.78, 5) is 8.44. The van der Waals surface area contributed by atoms with Gasteiger partial charge in [0.15, 0.2) is 0 Å². The number of hydrogen-bond donors (Lipinski definition) is 4. The fourth-order valence-electron chi connectivity index (χ4n) is 0.0577. The molecule has 0 radical (unpaired) electrons. The molecule has 0 amide bonds. The molecule has 0 aromatic heterocycles. The first kappa shape index (κ1) is 17.8. The largest absolute Gasteiger partial charge is 1.00 e. The first-order valence-electron chi connectivity index (χ1n) is 2.34. The number of aliphatic hydroxyl groups excluding tert-OH is 3. The van der Waals surface area contributed by atoms with E-state index in [9.17, 15) is 0 Å². The van der Waals surface area contributed by atoms with Gasteiger partial charge in [-0.05, 0) is 0 Å². The van der Waals surface area contributed by atoms with Gasteiger partial charge in [-0.2, -0.15) is 0 Å². The van der Waals surface area contributed by atoms with E-state index in [1.165, 1.54) is 0 Å². The summed E-state index contributed by atoms with van der Waals surface area (Å²) in [6, 6.07) is 0. The zero-order valence-electron chi connectivity index (χ0n) is 6.10. The second-order valence-electron chi connectivity index (χ2n) is 1.28. The molecule has 6 nitrogen and oxygen atoms in total. The fraction of sp³-hybridized carbons (Fsp3) is 0.750. The molecule has 0 bridgehead atoms. The van der Waals surface area contributed by atoms with Gasteiger partial charge in [0.05, 0.1) is 13.2 Å². The number of aliphatic hydroxyl groups is 3. The van der Waals surface area contributed by atoms with Crippen LogP contribution in [0.4, 0.5) is 4.79 Å². The van der Waals surface area contributed by atoms with Crippen molar-refractivity contribution in [1.29, 1.82) is 0 Å². The summed E-state index contributed by atoms with van der Waals surface area (Å²) < 4.78 is 0. The molecular weight excluding hydrogens is 183 g/mol. The minimum Gasteiger partial charge on any atom is -0.565 e. The Morgan fingerprint density at radius 3 is 1.55 bits per heavy atom. The van der Waals surface area contributed by atoms with Crippen LogP contribution >= 0.6 is 0 Å². The zero-order valence-corrected chi connectivity index (χ0v) is 9.22. The maximum absolute atomic E-state index is 8.44. The third kappa shape index (κ3) is 36.3. The van der Waals surface area contributed by atoms with Gasteiger partial charge in [0.1, 0.15) is 6.10 Å². The van der Waals surface area contributed by atoms with E-state index in [0.29, 0.717) is 0 Å².